The number of para-hydroxylation sites is 1. The van der Waals surface area contributed by atoms with Crippen LogP contribution in [0.5, 0.6) is 0 Å². The van der Waals surface area contributed by atoms with Gasteiger partial charge in [-0.05, 0) is 29.8 Å². The van der Waals surface area contributed by atoms with Gasteiger partial charge in [0.05, 0.1) is 28.8 Å². The normalized spacial score (nSPS) is 16.2. The number of benzene rings is 2. The fraction of sp³-hybridized carbons (Fsp3) is 0.0526. The van der Waals surface area contributed by atoms with E-state index in [4.69, 9.17) is 10.2 Å². The van der Waals surface area contributed by atoms with Crippen molar-refractivity contribution in [1.82, 2.24) is 0 Å². The van der Waals surface area contributed by atoms with Crippen LogP contribution in [0, 0.1) is 11.3 Å². The van der Waals surface area contributed by atoms with Crippen LogP contribution < -0.4 is 16.7 Å². The third kappa shape index (κ3) is 2.41. The highest BCUT2D eigenvalue weighted by molar-refractivity contribution is 9.10. The molecule has 1 atom stereocenters. The Kier molecular flexibility index (Phi) is 3.59. The van der Waals surface area contributed by atoms with Gasteiger partial charge in [0, 0.05) is 9.86 Å². The Hall–Kier alpha value is -3.04. The summed E-state index contributed by atoms with van der Waals surface area (Å²) in [5.74, 6) is -0.325. The summed E-state index contributed by atoms with van der Waals surface area (Å²) in [5, 5.41) is 13.4. The molecule has 1 aliphatic heterocycles. The molecule has 122 valence electrons. The van der Waals surface area contributed by atoms with Crippen molar-refractivity contribution < 1.29 is 4.42 Å². The number of nitrogens with two attached hydrogens (primary N) is 1. The summed E-state index contributed by atoms with van der Waals surface area (Å²) in [6.45, 7) is 0. The maximum Gasteiger partial charge on any atom is 0.342 e. The number of anilines is 1. The lowest BCUT2D eigenvalue weighted by Crippen LogP contribution is -2.28. The molecule has 0 fully saturated rings. The third-order valence-corrected chi connectivity index (χ3v) is 4.83. The van der Waals surface area contributed by atoms with Crippen molar-refractivity contribution in [2.75, 3.05) is 5.32 Å². The van der Waals surface area contributed by atoms with Gasteiger partial charge in [-0.2, -0.15) is 5.26 Å². The van der Waals surface area contributed by atoms with E-state index in [1.165, 1.54) is 0 Å². The lowest BCUT2D eigenvalue weighted by Gasteiger charge is -2.27. The molecule has 1 aliphatic rings. The van der Waals surface area contributed by atoms with Gasteiger partial charge in [-0.25, -0.2) is 4.79 Å². The first kappa shape index (κ1) is 15.5. The Morgan fingerprint density at radius 2 is 1.88 bits per heavy atom. The fourth-order valence-electron chi connectivity index (χ4n) is 3.18. The highest BCUT2D eigenvalue weighted by atomic mass is 79.9. The van der Waals surface area contributed by atoms with E-state index in [0.29, 0.717) is 22.4 Å². The molecule has 0 radical (unpaired) electrons. The molecular weight excluding hydrogens is 382 g/mol. The number of allylic oxidation sites excluding steroid dienone is 1. The van der Waals surface area contributed by atoms with E-state index in [2.05, 4.69) is 27.3 Å². The van der Waals surface area contributed by atoms with Crippen molar-refractivity contribution in [2.45, 2.75) is 5.92 Å². The van der Waals surface area contributed by atoms with Crippen LogP contribution in [0.25, 0.3) is 11.0 Å². The first-order valence-corrected chi connectivity index (χ1v) is 8.37. The van der Waals surface area contributed by atoms with Crippen LogP contribution in [0.2, 0.25) is 0 Å². The van der Waals surface area contributed by atoms with Gasteiger partial charge < -0.3 is 15.5 Å². The predicted octanol–water partition coefficient (Wildman–Crippen LogP) is 3.81. The molecule has 4 rings (SSSR count). The fourth-order valence-corrected chi connectivity index (χ4v) is 3.44. The summed E-state index contributed by atoms with van der Waals surface area (Å²) in [5.41, 5.74) is 8.19. The molecule has 0 bridgehead atoms. The monoisotopic (exact) mass is 393 g/mol. The minimum Gasteiger partial charge on any atom is -0.422 e. The van der Waals surface area contributed by atoms with Gasteiger partial charge >= 0.3 is 5.63 Å². The molecular formula is C19H12BrN3O2. The Morgan fingerprint density at radius 1 is 1.16 bits per heavy atom. The number of halogens is 1. The SMILES string of the molecule is N#CC1=C(N)Nc2c(c(=O)oc3ccccc23)[C@@H]1c1ccc(Br)cc1. The van der Waals surface area contributed by atoms with Gasteiger partial charge in [0.1, 0.15) is 11.4 Å². The molecule has 0 spiro atoms. The van der Waals surface area contributed by atoms with Gasteiger partial charge in [-0.3, -0.25) is 0 Å². The van der Waals surface area contributed by atoms with Crippen LogP contribution in [0.4, 0.5) is 5.69 Å². The maximum atomic E-state index is 12.7. The summed E-state index contributed by atoms with van der Waals surface area (Å²) in [6.07, 6.45) is 0. The van der Waals surface area contributed by atoms with E-state index in [1.54, 1.807) is 12.1 Å². The lowest BCUT2D eigenvalue weighted by molar-refractivity contribution is 0.548. The van der Waals surface area contributed by atoms with Crippen LogP contribution in [0.1, 0.15) is 17.0 Å². The summed E-state index contributed by atoms with van der Waals surface area (Å²) in [4.78, 5) is 12.7. The van der Waals surface area contributed by atoms with Gasteiger partial charge in [0.15, 0.2) is 0 Å². The first-order valence-electron chi connectivity index (χ1n) is 7.58. The zero-order valence-electron chi connectivity index (χ0n) is 12.9. The first-order chi connectivity index (χ1) is 12.1. The number of nitrogens with one attached hydrogen (secondary N) is 1. The Balaban J connectivity index is 2.08. The zero-order chi connectivity index (χ0) is 17.6. The Morgan fingerprint density at radius 3 is 2.60 bits per heavy atom. The van der Waals surface area contributed by atoms with Crippen LogP contribution in [0.3, 0.4) is 0 Å². The summed E-state index contributed by atoms with van der Waals surface area (Å²) in [7, 11) is 0. The van der Waals surface area contributed by atoms with E-state index in [1.807, 2.05) is 36.4 Å². The van der Waals surface area contributed by atoms with Crippen molar-refractivity contribution in [2.24, 2.45) is 5.73 Å². The summed E-state index contributed by atoms with van der Waals surface area (Å²) < 4.78 is 6.39. The number of fused-ring (bicyclic) bond motifs is 3. The van der Waals surface area contributed by atoms with Crippen molar-refractivity contribution in [1.29, 1.82) is 5.26 Å². The molecule has 2 aromatic carbocycles. The number of nitriles is 1. The smallest absolute Gasteiger partial charge is 0.342 e. The molecule has 0 amide bonds. The van der Waals surface area contributed by atoms with Crippen molar-refractivity contribution in [3.63, 3.8) is 0 Å². The second kappa shape index (κ2) is 5.80. The third-order valence-electron chi connectivity index (χ3n) is 4.30. The van der Waals surface area contributed by atoms with Crippen molar-refractivity contribution >= 4 is 32.6 Å². The molecule has 1 aromatic heterocycles. The van der Waals surface area contributed by atoms with Crippen LogP contribution in [0.15, 0.2) is 73.6 Å². The van der Waals surface area contributed by atoms with E-state index in [-0.39, 0.29) is 5.82 Å². The largest absolute Gasteiger partial charge is 0.422 e. The average molecular weight is 394 g/mol. The number of nitrogens with zero attached hydrogens (tertiary/aromatic N) is 1. The highest BCUT2D eigenvalue weighted by Crippen LogP contribution is 2.41. The minimum absolute atomic E-state index is 0.249. The number of rotatable bonds is 1. The van der Waals surface area contributed by atoms with E-state index in [9.17, 15) is 10.1 Å². The van der Waals surface area contributed by atoms with Crippen LogP contribution in [-0.2, 0) is 0 Å². The predicted molar refractivity (Wildman–Crippen MR) is 98.9 cm³/mol. The van der Waals surface area contributed by atoms with E-state index < -0.39 is 11.5 Å². The average Bonchev–Trinajstić information content (AvgIpc) is 2.61. The van der Waals surface area contributed by atoms with Gasteiger partial charge in [-0.15, -0.1) is 0 Å². The van der Waals surface area contributed by atoms with E-state index >= 15 is 0 Å². The molecule has 0 aliphatic carbocycles. The van der Waals surface area contributed by atoms with Gasteiger partial charge in [0.2, 0.25) is 0 Å². The topological polar surface area (TPSA) is 92.0 Å². The standard InChI is InChI=1S/C19H12BrN3O2/c20-11-7-5-10(6-8-11)15-13(9-21)18(22)23-17-12-3-1-2-4-14(12)25-19(24)16(15)17/h1-8,15,23H,22H2/t15-/m1/s1. The van der Waals surface area contributed by atoms with Crippen molar-refractivity contribution in [3.8, 4) is 6.07 Å². The molecule has 5 nitrogen and oxygen atoms in total. The van der Waals surface area contributed by atoms with Gasteiger partial charge in [-0.1, -0.05) is 40.2 Å². The summed E-state index contributed by atoms with van der Waals surface area (Å²) in [6, 6.07) is 16.8. The Bertz CT molecular complexity index is 1120. The quantitative estimate of drug-likeness (QED) is 0.613. The number of hydrogen-bond acceptors (Lipinski definition) is 5. The minimum atomic E-state index is -0.574. The maximum absolute atomic E-state index is 12.7. The second-order valence-corrected chi connectivity index (χ2v) is 6.64. The second-order valence-electron chi connectivity index (χ2n) is 5.72. The lowest BCUT2D eigenvalue weighted by atomic mass is 9.82. The van der Waals surface area contributed by atoms with Crippen LogP contribution >= 0.6 is 15.9 Å². The molecule has 3 N–H and O–H groups in total. The molecule has 6 heteroatoms. The molecule has 0 saturated heterocycles. The number of hydrogen-bond donors (Lipinski definition) is 2. The molecule has 0 unspecified atom stereocenters. The highest BCUT2D eigenvalue weighted by Gasteiger charge is 2.33. The van der Waals surface area contributed by atoms with E-state index in [0.717, 1.165) is 15.4 Å². The Labute approximate surface area is 151 Å². The molecule has 25 heavy (non-hydrogen) atoms. The summed E-state index contributed by atoms with van der Waals surface area (Å²) >= 11 is 3.40. The van der Waals surface area contributed by atoms with Gasteiger partial charge in [0.25, 0.3) is 0 Å². The molecule has 3 aromatic rings. The van der Waals surface area contributed by atoms with Crippen LogP contribution in [-0.4, -0.2) is 0 Å². The molecule has 0 saturated carbocycles. The van der Waals surface area contributed by atoms with Crippen molar-refractivity contribution in [3.05, 3.63) is 85.9 Å². The zero-order valence-corrected chi connectivity index (χ0v) is 14.5. The molecule has 2 heterocycles.